The van der Waals surface area contributed by atoms with Crippen LogP contribution in [0.1, 0.15) is 12.5 Å². The Hall–Kier alpha value is -1.06. The minimum Gasteiger partial charge on any atom is -0.383 e. The molecule has 0 fully saturated rings. The van der Waals surface area contributed by atoms with Gasteiger partial charge < -0.3 is 14.8 Å². The third-order valence-corrected chi connectivity index (χ3v) is 2.25. The first-order valence-corrected chi connectivity index (χ1v) is 5.63. The summed E-state index contributed by atoms with van der Waals surface area (Å²) < 4.78 is 10.5. The second-order valence-electron chi connectivity index (χ2n) is 3.93. The van der Waals surface area contributed by atoms with E-state index in [1.54, 1.807) is 7.11 Å². The molecule has 0 bridgehead atoms. The first-order valence-electron chi connectivity index (χ1n) is 5.63. The summed E-state index contributed by atoms with van der Waals surface area (Å²) in [6.45, 7) is 6.25. The van der Waals surface area contributed by atoms with Gasteiger partial charge in [0.25, 0.3) is 0 Å². The summed E-state index contributed by atoms with van der Waals surface area (Å²) in [5.74, 6) is 0. The van der Waals surface area contributed by atoms with Gasteiger partial charge >= 0.3 is 0 Å². The molecule has 0 aliphatic heterocycles. The van der Waals surface area contributed by atoms with E-state index in [1.807, 2.05) is 13.0 Å². The fourth-order valence-electron chi connectivity index (χ4n) is 1.49. The summed E-state index contributed by atoms with van der Waals surface area (Å²) in [6.07, 6.45) is 0.157. The van der Waals surface area contributed by atoms with Crippen molar-refractivity contribution >= 4 is 5.69 Å². The summed E-state index contributed by atoms with van der Waals surface area (Å²) >= 11 is 0. The Morgan fingerprint density at radius 2 is 2.19 bits per heavy atom. The number of benzene rings is 1. The van der Waals surface area contributed by atoms with E-state index in [1.165, 1.54) is 5.56 Å². The second-order valence-corrected chi connectivity index (χ2v) is 3.93. The summed E-state index contributed by atoms with van der Waals surface area (Å²) in [6, 6.07) is 8.32. The van der Waals surface area contributed by atoms with E-state index in [4.69, 9.17) is 9.47 Å². The second kappa shape index (κ2) is 7.25. The molecule has 0 radical (unpaired) electrons. The van der Waals surface area contributed by atoms with Crippen molar-refractivity contribution in [2.45, 2.75) is 20.0 Å². The van der Waals surface area contributed by atoms with Gasteiger partial charge in [-0.2, -0.15) is 0 Å². The van der Waals surface area contributed by atoms with Crippen LogP contribution >= 0.6 is 0 Å². The minimum absolute atomic E-state index is 0.157. The van der Waals surface area contributed by atoms with Gasteiger partial charge in [0.2, 0.25) is 0 Å². The van der Waals surface area contributed by atoms with Crippen LogP contribution in [-0.2, 0) is 9.47 Å². The SMILES string of the molecule is COCC(C)OCCNc1cccc(C)c1. The lowest BCUT2D eigenvalue weighted by Crippen LogP contribution is -2.19. The number of methoxy groups -OCH3 is 1. The van der Waals surface area contributed by atoms with Crippen LogP contribution in [0.15, 0.2) is 24.3 Å². The molecule has 3 heteroatoms. The lowest BCUT2D eigenvalue weighted by molar-refractivity contribution is 0.0140. The zero-order valence-corrected chi connectivity index (χ0v) is 10.3. The number of aryl methyl sites for hydroxylation is 1. The Balaban J connectivity index is 2.16. The van der Waals surface area contributed by atoms with Crippen molar-refractivity contribution in [3.8, 4) is 0 Å². The van der Waals surface area contributed by atoms with E-state index in [9.17, 15) is 0 Å². The summed E-state index contributed by atoms with van der Waals surface area (Å²) in [7, 11) is 1.69. The van der Waals surface area contributed by atoms with Crippen molar-refractivity contribution in [3.05, 3.63) is 29.8 Å². The Morgan fingerprint density at radius 1 is 1.38 bits per heavy atom. The molecule has 1 unspecified atom stereocenters. The van der Waals surface area contributed by atoms with Crippen LogP contribution in [0.4, 0.5) is 5.69 Å². The molecule has 0 amide bonds. The van der Waals surface area contributed by atoms with E-state index in [0.29, 0.717) is 13.2 Å². The molecule has 3 nitrogen and oxygen atoms in total. The Labute approximate surface area is 97.8 Å². The topological polar surface area (TPSA) is 30.5 Å². The molecule has 0 spiro atoms. The van der Waals surface area contributed by atoms with Crippen LogP contribution in [0.3, 0.4) is 0 Å². The van der Waals surface area contributed by atoms with Gasteiger partial charge in [-0.15, -0.1) is 0 Å². The van der Waals surface area contributed by atoms with Gasteiger partial charge in [0.05, 0.1) is 19.3 Å². The number of anilines is 1. The highest BCUT2D eigenvalue weighted by molar-refractivity contribution is 5.45. The molecule has 1 rings (SSSR count). The molecule has 1 aromatic rings. The fraction of sp³-hybridized carbons (Fsp3) is 0.538. The molecule has 0 saturated heterocycles. The Kier molecular flexibility index (Phi) is 5.90. The van der Waals surface area contributed by atoms with Gasteiger partial charge in [-0.25, -0.2) is 0 Å². The lowest BCUT2D eigenvalue weighted by atomic mass is 10.2. The van der Waals surface area contributed by atoms with E-state index in [0.717, 1.165) is 12.2 Å². The van der Waals surface area contributed by atoms with Crippen molar-refractivity contribution in [2.75, 3.05) is 32.2 Å². The maximum Gasteiger partial charge on any atom is 0.0781 e. The van der Waals surface area contributed by atoms with Gasteiger partial charge in [-0.05, 0) is 31.5 Å². The molecule has 0 heterocycles. The van der Waals surface area contributed by atoms with Crippen LogP contribution in [0.25, 0.3) is 0 Å². The molecule has 16 heavy (non-hydrogen) atoms. The fourth-order valence-corrected chi connectivity index (χ4v) is 1.49. The first-order chi connectivity index (χ1) is 7.72. The van der Waals surface area contributed by atoms with Crippen LogP contribution in [-0.4, -0.2) is 33.0 Å². The van der Waals surface area contributed by atoms with Gasteiger partial charge in [-0.1, -0.05) is 12.1 Å². The van der Waals surface area contributed by atoms with Crippen molar-refractivity contribution in [1.82, 2.24) is 0 Å². The molecule has 1 N–H and O–H groups in total. The number of hydrogen-bond donors (Lipinski definition) is 1. The summed E-state index contributed by atoms with van der Waals surface area (Å²) in [5, 5.41) is 3.32. The van der Waals surface area contributed by atoms with Gasteiger partial charge in [0.1, 0.15) is 0 Å². The average molecular weight is 223 g/mol. The van der Waals surface area contributed by atoms with Crippen molar-refractivity contribution < 1.29 is 9.47 Å². The highest BCUT2D eigenvalue weighted by Gasteiger charge is 1.99. The van der Waals surface area contributed by atoms with Gasteiger partial charge in [0, 0.05) is 19.3 Å². The van der Waals surface area contributed by atoms with Crippen LogP contribution in [0.2, 0.25) is 0 Å². The smallest absolute Gasteiger partial charge is 0.0781 e. The van der Waals surface area contributed by atoms with E-state index < -0.39 is 0 Å². The normalized spacial score (nSPS) is 12.4. The molecule has 1 aromatic carbocycles. The molecular weight excluding hydrogens is 202 g/mol. The van der Waals surface area contributed by atoms with Crippen molar-refractivity contribution in [1.29, 1.82) is 0 Å². The van der Waals surface area contributed by atoms with E-state index in [2.05, 4.69) is 30.4 Å². The third kappa shape index (κ3) is 5.14. The minimum atomic E-state index is 0.157. The monoisotopic (exact) mass is 223 g/mol. The highest BCUT2D eigenvalue weighted by atomic mass is 16.5. The van der Waals surface area contributed by atoms with E-state index >= 15 is 0 Å². The molecular formula is C13H21NO2. The number of hydrogen-bond acceptors (Lipinski definition) is 3. The van der Waals surface area contributed by atoms with Crippen LogP contribution < -0.4 is 5.32 Å². The van der Waals surface area contributed by atoms with Crippen LogP contribution in [0.5, 0.6) is 0 Å². The van der Waals surface area contributed by atoms with E-state index in [-0.39, 0.29) is 6.10 Å². The highest BCUT2D eigenvalue weighted by Crippen LogP contribution is 2.08. The first kappa shape index (κ1) is 13.0. The Morgan fingerprint density at radius 3 is 2.88 bits per heavy atom. The number of rotatable bonds is 7. The lowest BCUT2D eigenvalue weighted by Gasteiger charge is -2.12. The maximum atomic E-state index is 5.55. The molecule has 0 aliphatic carbocycles. The molecule has 90 valence electrons. The quantitative estimate of drug-likeness (QED) is 0.720. The number of ether oxygens (including phenoxy) is 2. The predicted octanol–water partition coefficient (Wildman–Crippen LogP) is 2.46. The Bertz CT molecular complexity index is 302. The van der Waals surface area contributed by atoms with Crippen molar-refractivity contribution in [3.63, 3.8) is 0 Å². The standard InChI is InChI=1S/C13H21NO2/c1-11-5-4-6-13(9-11)14-7-8-16-12(2)10-15-3/h4-6,9,12,14H,7-8,10H2,1-3H3. The molecule has 0 aliphatic rings. The molecule has 1 atom stereocenters. The molecule has 0 saturated carbocycles. The predicted molar refractivity (Wildman–Crippen MR) is 67.0 cm³/mol. The largest absolute Gasteiger partial charge is 0.383 e. The molecule has 0 aromatic heterocycles. The summed E-state index contributed by atoms with van der Waals surface area (Å²) in [4.78, 5) is 0. The maximum absolute atomic E-state index is 5.55. The summed E-state index contributed by atoms with van der Waals surface area (Å²) in [5.41, 5.74) is 2.40. The van der Waals surface area contributed by atoms with Crippen molar-refractivity contribution in [2.24, 2.45) is 0 Å². The van der Waals surface area contributed by atoms with Gasteiger partial charge in [0.15, 0.2) is 0 Å². The zero-order chi connectivity index (χ0) is 11.8. The van der Waals surface area contributed by atoms with Crippen LogP contribution in [0, 0.1) is 6.92 Å². The third-order valence-electron chi connectivity index (χ3n) is 2.25. The number of nitrogens with one attached hydrogen (secondary N) is 1. The zero-order valence-electron chi connectivity index (χ0n) is 10.3. The average Bonchev–Trinajstić information content (AvgIpc) is 2.25. The van der Waals surface area contributed by atoms with Gasteiger partial charge in [-0.3, -0.25) is 0 Å².